The molecule has 0 saturated heterocycles. The molecule has 0 unspecified atom stereocenters. The third kappa shape index (κ3) is 6.74. The number of phenolic OH excluding ortho intramolecular Hbond substituents is 1. The molecule has 0 aromatic heterocycles. The first-order valence-corrected chi connectivity index (χ1v) is 10.6. The van der Waals surface area contributed by atoms with E-state index in [9.17, 15) is 14.7 Å². The van der Waals surface area contributed by atoms with Gasteiger partial charge in [0.15, 0.2) is 0 Å². The van der Waals surface area contributed by atoms with Crippen molar-refractivity contribution in [2.45, 2.75) is 13.8 Å². The van der Waals surface area contributed by atoms with Crippen LogP contribution in [-0.4, -0.2) is 62.5 Å². The van der Waals surface area contributed by atoms with Crippen LogP contribution in [0.1, 0.15) is 21.5 Å². The van der Waals surface area contributed by atoms with E-state index in [-0.39, 0.29) is 11.3 Å². The molecule has 10 heteroatoms. The summed E-state index contributed by atoms with van der Waals surface area (Å²) in [6.07, 6.45) is 0. The summed E-state index contributed by atoms with van der Waals surface area (Å²) in [5.41, 5.74) is 1.96. The first-order chi connectivity index (χ1) is 15.2. The van der Waals surface area contributed by atoms with Gasteiger partial charge in [0.25, 0.3) is 5.91 Å². The van der Waals surface area contributed by atoms with Crippen molar-refractivity contribution < 1.29 is 24.2 Å². The van der Waals surface area contributed by atoms with Crippen molar-refractivity contribution in [1.82, 2.24) is 4.90 Å². The molecule has 0 atom stereocenters. The number of urea groups is 1. The molecule has 3 N–H and O–H groups in total. The maximum Gasteiger partial charge on any atom is 0.323 e. The monoisotopic (exact) mass is 483 g/mol. The molecule has 0 aliphatic rings. The summed E-state index contributed by atoms with van der Waals surface area (Å²) >= 11 is 12.2. The number of methoxy groups -OCH3 is 2. The molecule has 0 saturated carbocycles. The number of amides is 3. The Balaban J connectivity index is 2.23. The van der Waals surface area contributed by atoms with Gasteiger partial charge < -0.3 is 30.1 Å². The normalized spacial score (nSPS) is 10.7. The van der Waals surface area contributed by atoms with Gasteiger partial charge in [0.1, 0.15) is 5.75 Å². The SMILES string of the molecule is COCCN(CCOC)C(=O)c1cc(NC(=O)Nc2cc(Cl)c(C)c(Cl)c2)cc(C)c1O. The molecule has 174 valence electrons. The molecule has 0 radical (unpaired) electrons. The van der Waals surface area contributed by atoms with Crippen LogP contribution < -0.4 is 10.6 Å². The van der Waals surface area contributed by atoms with E-state index < -0.39 is 11.9 Å². The highest BCUT2D eigenvalue weighted by Gasteiger charge is 2.21. The highest BCUT2D eigenvalue weighted by molar-refractivity contribution is 6.36. The quantitative estimate of drug-likeness (QED) is 0.449. The van der Waals surface area contributed by atoms with Crippen molar-refractivity contribution in [2.75, 3.05) is 51.2 Å². The Hall–Kier alpha value is -2.52. The fourth-order valence-electron chi connectivity index (χ4n) is 2.91. The zero-order chi connectivity index (χ0) is 23.8. The molecule has 0 fully saturated rings. The van der Waals surface area contributed by atoms with Gasteiger partial charge in [-0.15, -0.1) is 0 Å². The number of halogens is 2. The van der Waals surface area contributed by atoms with Crippen molar-refractivity contribution in [3.63, 3.8) is 0 Å². The van der Waals surface area contributed by atoms with Gasteiger partial charge >= 0.3 is 6.03 Å². The number of nitrogens with zero attached hydrogens (tertiary/aromatic N) is 1. The third-order valence-corrected chi connectivity index (χ3v) is 5.53. The lowest BCUT2D eigenvalue weighted by atomic mass is 10.1. The largest absolute Gasteiger partial charge is 0.507 e. The third-order valence-electron chi connectivity index (χ3n) is 4.75. The Labute approximate surface area is 197 Å². The summed E-state index contributed by atoms with van der Waals surface area (Å²) in [4.78, 5) is 27.1. The van der Waals surface area contributed by atoms with Crippen LogP contribution in [0.4, 0.5) is 16.2 Å². The molecular weight excluding hydrogens is 457 g/mol. The maximum atomic E-state index is 13.1. The van der Waals surface area contributed by atoms with Crippen LogP contribution >= 0.6 is 23.2 Å². The van der Waals surface area contributed by atoms with Gasteiger partial charge in [-0.05, 0) is 49.2 Å². The number of ether oxygens (including phenoxy) is 2. The minimum Gasteiger partial charge on any atom is -0.507 e. The second-order valence-corrected chi connectivity index (χ2v) is 7.93. The number of aromatic hydroxyl groups is 1. The molecule has 0 aliphatic heterocycles. The van der Waals surface area contributed by atoms with Gasteiger partial charge in [0.05, 0.1) is 18.8 Å². The van der Waals surface area contributed by atoms with Gasteiger partial charge in [0.2, 0.25) is 0 Å². The van der Waals surface area contributed by atoms with Gasteiger partial charge in [-0.3, -0.25) is 4.79 Å². The van der Waals surface area contributed by atoms with Gasteiger partial charge in [-0.25, -0.2) is 4.79 Å². The summed E-state index contributed by atoms with van der Waals surface area (Å²) in [6, 6.07) is 5.60. The molecular formula is C22H27Cl2N3O5. The second kappa shape index (κ2) is 11.9. The number of rotatable bonds is 9. The van der Waals surface area contributed by atoms with E-state index in [4.69, 9.17) is 32.7 Å². The zero-order valence-corrected chi connectivity index (χ0v) is 19.9. The standard InChI is InChI=1S/C22H27Cl2N3O5/c1-13-9-15(25-22(30)26-16-11-18(23)14(2)19(24)12-16)10-17(20(13)28)21(29)27(5-7-31-3)6-8-32-4/h9-12,28H,5-8H2,1-4H3,(H2,25,26,30). The Bertz CT molecular complexity index is 953. The summed E-state index contributed by atoms with van der Waals surface area (Å²) in [5, 5.41) is 16.6. The fourth-order valence-corrected chi connectivity index (χ4v) is 3.40. The van der Waals surface area contributed by atoms with Crippen LogP contribution in [0.2, 0.25) is 10.0 Å². The number of anilines is 2. The molecule has 0 aliphatic carbocycles. The Morgan fingerprint density at radius 3 is 1.94 bits per heavy atom. The average Bonchev–Trinajstić information content (AvgIpc) is 2.74. The van der Waals surface area contributed by atoms with Crippen LogP contribution in [0.3, 0.4) is 0 Å². The number of nitrogens with one attached hydrogen (secondary N) is 2. The molecule has 3 amide bonds. The van der Waals surface area contributed by atoms with Crippen molar-refractivity contribution >= 4 is 46.5 Å². The maximum absolute atomic E-state index is 13.1. The lowest BCUT2D eigenvalue weighted by Crippen LogP contribution is -2.36. The lowest BCUT2D eigenvalue weighted by Gasteiger charge is -2.23. The van der Waals surface area contributed by atoms with Gasteiger partial charge in [-0.1, -0.05) is 23.2 Å². The Kier molecular flexibility index (Phi) is 9.59. The minimum absolute atomic E-state index is 0.0638. The molecule has 0 bridgehead atoms. The molecule has 2 aromatic carbocycles. The van der Waals surface area contributed by atoms with Crippen LogP contribution in [0.5, 0.6) is 5.75 Å². The number of phenols is 1. The molecule has 0 spiro atoms. The summed E-state index contributed by atoms with van der Waals surface area (Å²) in [6.45, 7) is 4.72. The number of aryl methyl sites for hydroxylation is 1. The summed E-state index contributed by atoms with van der Waals surface area (Å²) < 4.78 is 10.1. The van der Waals surface area contributed by atoms with Crippen LogP contribution in [0.25, 0.3) is 0 Å². The van der Waals surface area contributed by atoms with Crippen LogP contribution in [0, 0.1) is 13.8 Å². The lowest BCUT2D eigenvalue weighted by molar-refractivity contribution is 0.0624. The Morgan fingerprint density at radius 2 is 1.44 bits per heavy atom. The van der Waals surface area contributed by atoms with E-state index in [0.29, 0.717) is 58.9 Å². The predicted octanol–water partition coefficient (Wildman–Crippen LogP) is 4.69. The average molecular weight is 484 g/mol. The van der Waals surface area contributed by atoms with Gasteiger partial charge in [0, 0.05) is 48.7 Å². The van der Waals surface area contributed by atoms with Crippen LogP contribution in [-0.2, 0) is 9.47 Å². The summed E-state index contributed by atoms with van der Waals surface area (Å²) in [7, 11) is 3.08. The van der Waals surface area contributed by atoms with E-state index in [1.165, 1.54) is 25.2 Å². The minimum atomic E-state index is -0.555. The molecule has 0 heterocycles. The van der Waals surface area contributed by atoms with Crippen LogP contribution in [0.15, 0.2) is 24.3 Å². The molecule has 32 heavy (non-hydrogen) atoms. The number of hydrogen-bond donors (Lipinski definition) is 3. The number of carbonyl (C=O) groups excluding carboxylic acids is 2. The number of benzene rings is 2. The summed E-state index contributed by atoms with van der Waals surface area (Å²) in [5.74, 6) is -0.557. The van der Waals surface area contributed by atoms with E-state index in [1.54, 1.807) is 32.0 Å². The van der Waals surface area contributed by atoms with Crippen molar-refractivity contribution in [3.8, 4) is 5.75 Å². The van der Waals surface area contributed by atoms with E-state index in [2.05, 4.69) is 10.6 Å². The van der Waals surface area contributed by atoms with E-state index >= 15 is 0 Å². The van der Waals surface area contributed by atoms with E-state index in [1.807, 2.05) is 0 Å². The fraction of sp³-hybridized carbons (Fsp3) is 0.364. The second-order valence-electron chi connectivity index (χ2n) is 7.11. The highest BCUT2D eigenvalue weighted by atomic mass is 35.5. The highest BCUT2D eigenvalue weighted by Crippen LogP contribution is 2.30. The molecule has 8 nitrogen and oxygen atoms in total. The van der Waals surface area contributed by atoms with Gasteiger partial charge in [-0.2, -0.15) is 0 Å². The van der Waals surface area contributed by atoms with Crippen molar-refractivity contribution in [1.29, 1.82) is 0 Å². The molecule has 2 aromatic rings. The number of carbonyl (C=O) groups is 2. The van der Waals surface area contributed by atoms with E-state index in [0.717, 1.165) is 0 Å². The first-order valence-electron chi connectivity index (χ1n) is 9.82. The zero-order valence-electron chi connectivity index (χ0n) is 18.4. The predicted molar refractivity (Wildman–Crippen MR) is 126 cm³/mol. The first kappa shape index (κ1) is 25.7. The topological polar surface area (TPSA) is 100 Å². The number of hydrogen-bond acceptors (Lipinski definition) is 5. The smallest absolute Gasteiger partial charge is 0.323 e. The van der Waals surface area contributed by atoms with Crippen molar-refractivity contribution in [2.24, 2.45) is 0 Å². The van der Waals surface area contributed by atoms with Crippen molar-refractivity contribution in [3.05, 3.63) is 51.0 Å². The Morgan fingerprint density at radius 1 is 0.938 bits per heavy atom. The molecule has 2 rings (SSSR count).